The van der Waals surface area contributed by atoms with Gasteiger partial charge in [0, 0.05) is 0 Å². The van der Waals surface area contributed by atoms with Gasteiger partial charge in [-0.1, -0.05) is 5.43 Å². The van der Waals surface area contributed by atoms with Crippen LogP contribution in [0.25, 0.3) is 5.43 Å². The predicted molar refractivity (Wildman–Crippen MR) is 68.9 cm³/mol. The van der Waals surface area contributed by atoms with Gasteiger partial charge in [-0.2, -0.15) is 10.3 Å². The summed E-state index contributed by atoms with van der Waals surface area (Å²) in [6.45, 7) is 0. The quantitative estimate of drug-likeness (QED) is 0.161. The van der Waals surface area contributed by atoms with Crippen molar-refractivity contribution in [3.8, 4) is 12.0 Å². The van der Waals surface area contributed by atoms with E-state index in [2.05, 4.69) is 35.8 Å². The van der Waals surface area contributed by atoms with E-state index in [4.69, 9.17) is 11.1 Å². The second kappa shape index (κ2) is 9.38. The number of nitrogens with two attached hydrogens (primary N) is 3. The largest absolute Gasteiger partial charge is 0.376 e. The van der Waals surface area contributed by atoms with Crippen molar-refractivity contribution in [2.75, 3.05) is 0 Å². The molecule has 1 heterocycles. The number of rotatable bonds is 6. The summed E-state index contributed by atoms with van der Waals surface area (Å²) in [7, 11) is 0. The highest BCUT2D eigenvalue weighted by atomic mass is 17.0. The molecule has 1 aromatic heterocycles. The van der Waals surface area contributed by atoms with E-state index in [9.17, 15) is 35.1 Å². The van der Waals surface area contributed by atoms with Crippen molar-refractivity contribution < 1.29 is 35.1 Å². The Morgan fingerprint density at radius 1 is 1.04 bits per heavy atom. The molecule has 0 bridgehead atoms. The highest BCUT2D eigenvalue weighted by Gasteiger charge is 2.08. The predicted octanol–water partition coefficient (Wildman–Crippen LogP) is -4.06. The van der Waals surface area contributed by atoms with Crippen molar-refractivity contribution in [2.24, 2.45) is 11.5 Å². The monoisotopic (exact) mass is 365 g/mol. The van der Waals surface area contributed by atoms with Crippen LogP contribution in [0.15, 0.2) is 0 Å². The van der Waals surface area contributed by atoms with E-state index < -0.39 is 39.2 Å². The standard InChI is InChI=1S/C3N7O8.C2H6N4O/c11-8(12)7-1-4-2(17-9(13)14)6-3(5-1)18-10(15)16;3-1(4)6-2(5)7/h;(H6,3,4,5,6,7)/q-1;/p+1. The Kier molecular flexibility index (Phi) is 7.64. The minimum atomic E-state index is -1.35. The molecule has 0 saturated carbocycles. The summed E-state index contributed by atoms with van der Waals surface area (Å²) in [5.74, 6) is -1.16. The fraction of sp³-hybridized carbons (Fsp3) is 0. The average molecular weight is 365 g/mol. The van der Waals surface area contributed by atoms with E-state index in [0.29, 0.717) is 0 Å². The number of amides is 2. The Morgan fingerprint density at radius 3 is 1.72 bits per heavy atom. The maximum atomic E-state index is 10.0. The van der Waals surface area contributed by atoms with Crippen molar-refractivity contribution in [1.82, 2.24) is 20.3 Å². The van der Waals surface area contributed by atoms with E-state index in [1.807, 2.05) is 5.32 Å². The van der Waals surface area contributed by atoms with Crippen molar-refractivity contribution in [2.45, 2.75) is 0 Å². The van der Waals surface area contributed by atoms with E-state index in [-0.39, 0.29) is 5.96 Å². The van der Waals surface area contributed by atoms with Gasteiger partial charge in [0.25, 0.3) is 0 Å². The van der Waals surface area contributed by atoms with Crippen LogP contribution < -0.4 is 31.9 Å². The van der Waals surface area contributed by atoms with Crippen LogP contribution in [-0.4, -0.2) is 42.1 Å². The number of aromatic nitrogens is 3. The zero-order valence-corrected chi connectivity index (χ0v) is 11.5. The summed E-state index contributed by atoms with van der Waals surface area (Å²) >= 11 is 0. The van der Waals surface area contributed by atoms with Gasteiger partial charge in [0.2, 0.25) is 12.0 Å². The van der Waals surface area contributed by atoms with Crippen LogP contribution in [0, 0.1) is 30.3 Å². The Bertz CT molecular complexity index is 595. The first-order chi connectivity index (χ1) is 11.5. The van der Waals surface area contributed by atoms with Crippen LogP contribution in [0.2, 0.25) is 0 Å². The molecule has 20 heteroatoms. The van der Waals surface area contributed by atoms with Gasteiger partial charge in [0.05, 0.1) is 0 Å². The minimum absolute atomic E-state index is 0.187. The molecule has 0 aromatic carbocycles. The van der Waals surface area contributed by atoms with Crippen molar-refractivity contribution in [1.29, 1.82) is 0 Å². The zero-order valence-electron chi connectivity index (χ0n) is 11.5. The van der Waals surface area contributed by atoms with Crippen LogP contribution in [0.4, 0.5) is 10.7 Å². The molecule has 1 aromatic rings. The summed E-state index contributed by atoms with van der Waals surface area (Å²) in [6, 6.07) is -2.88. The average Bonchev–Trinajstić information content (AvgIpc) is 2.34. The molecule has 20 nitrogen and oxygen atoms in total. The Hall–Kier alpha value is -4.65. The van der Waals surface area contributed by atoms with Crippen molar-refractivity contribution in [3.05, 3.63) is 35.8 Å². The Morgan fingerprint density at radius 2 is 1.48 bits per heavy atom. The van der Waals surface area contributed by atoms with Gasteiger partial charge in [0.1, 0.15) is 11.0 Å². The third-order valence-corrected chi connectivity index (χ3v) is 1.33. The first-order valence-electron chi connectivity index (χ1n) is 5.20. The first-order valence-corrected chi connectivity index (χ1v) is 5.20. The van der Waals surface area contributed by atoms with Gasteiger partial charge >= 0.3 is 22.2 Å². The SMILES string of the molecule is NC(=[NH2+])NC(N)=O.O=[N+]([O-])[N-]c1nc(O[N+](=O)[O-])nc(O[N+](=O)[O-])n1. The van der Waals surface area contributed by atoms with Gasteiger partial charge in [-0.3, -0.25) is 20.8 Å². The van der Waals surface area contributed by atoms with Crippen LogP contribution in [0.1, 0.15) is 0 Å². The molecule has 0 saturated heterocycles. The fourth-order valence-corrected chi connectivity index (χ4v) is 0.803. The molecule has 0 aliphatic heterocycles. The molecule has 0 unspecified atom stereocenters. The number of nitro groups is 1. The second-order valence-electron chi connectivity index (χ2n) is 3.11. The van der Waals surface area contributed by atoms with Gasteiger partial charge in [-0.25, -0.2) is 14.9 Å². The molecule has 0 atom stereocenters. The molecule has 1 rings (SSSR count). The van der Waals surface area contributed by atoms with E-state index >= 15 is 0 Å². The lowest BCUT2D eigenvalue weighted by Gasteiger charge is -2.08. The summed E-state index contributed by atoms with van der Waals surface area (Å²) in [4.78, 5) is 56.2. The number of carbonyl (C=O) groups is 1. The zero-order chi connectivity index (χ0) is 19.6. The lowest BCUT2D eigenvalue weighted by atomic mass is 10.9. The number of primary amides is 1. The van der Waals surface area contributed by atoms with E-state index in [1.54, 1.807) is 0 Å². The number of nitrogens with one attached hydrogen (secondary N) is 1. The minimum Gasteiger partial charge on any atom is -0.338 e. The number of hydrogen-bond donors (Lipinski definition) is 4. The highest BCUT2D eigenvalue weighted by Crippen LogP contribution is 2.18. The van der Waals surface area contributed by atoms with Gasteiger partial charge in [0.15, 0.2) is 0 Å². The number of guanidine groups is 1. The van der Waals surface area contributed by atoms with Crippen LogP contribution in [0.3, 0.4) is 0 Å². The van der Waals surface area contributed by atoms with Crippen LogP contribution in [-0.2, 0) is 0 Å². The fourth-order valence-electron chi connectivity index (χ4n) is 0.803. The lowest BCUT2D eigenvalue weighted by Crippen LogP contribution is -2.57. The molecule has 2 amide bonds. The molecule has 7 N–H and O–H groups in total. The first kappa shape index (κ1) is 20.3. The molecule has 136 valence electrons. The lowest BCUT2D eigenvalue weighted by molar-refractivity contribution is -0.716. The van der Waals surface area contributed by atoms with Crippen LogP contribution >= 0.6 is 0 Å². The normalized spacial score (nSPS) is 8.80. The third kappa shape index (κ3) is 10.7. The molecule has 0 fully saturated rings. The smallest absolute Gasteiger partial charge is 0.338 e. The Balaban J connectivity index is 0.000000697. The van der Waals surface area contributed by atoms with Crippen molar-refractivity contribution >= 4 is 17.9 Å². The van der Waals surface area contributed by atoms with Crippen LogP contribution in [0.5, 0.6) is 12.0 Å². The van der Waals surface area contributed by atoms with Gasteiger partial charge in [-0.15, -0.1) is 20.2 Å². The molecule has 0 aliphatic rings. The van der Waals surface area contributed by atoms with Gasteiger partial charge < -0.3 is 15.7 Å². The summed E-state index contributed by atoms with van der Waals surface area (Å²) < 4.78 is 0. The number of nitrogens with zero attached hydrogens (tertiary/aromatic N) is 7. The third-order valence-electron chi connectivity index (χ3n) is 1.33. The van der Waals surface area contributed by atoms with E-state index in [1.165, 1.54) is 0 Å². The maximum Gasteiger partial charge on any atom is 0.376 e. The molecule has 25 heavy (non-hydrogen) atoms. The van der Waals surface area contributed by atoms with E-state index in [0.717, 1.165) is 0 Å². The molecular formula is C5H7N11O9. The molecule has 0 aliphatic carbocycles. The maximum absolute atomic E-state index is 10.0. The molecule has 0 spiro atoms. The number of carbonyl (C=O) groups excluding carboxylic acids is 1. The second-order valence-corrected chi connectivity index (χ2v) is 3.11. The topological polar surface area (TPSA) is 307 Å². The number of urea groups is 1. The Labute approximate surface area is 134 Å². The number of hydrogen-bond acceptors (Lipinski definition) is 12. The summed E-state index contributed by atoms with van der Waals surface area (Å²) in [6.07, 6.45) is 0. The summed E-state index contributed by atoms with van der Waals surface area (Å²) in [5, 5.41) is 32.7. The molecular weight excluding hydrogens is 358 g/mol. The highest BCUT2D eigenvalue weighted by molar-refractivity contribution is 5.91. The van der Waals surface area contributed by atoms with Gasteiger partial charge in [-0.05, 0) is 0 Å². The van der Waals surface area contributed by atoms with Crippen molar-refractivity contribution in [3.63, 3.8) is 0 Å². The molecule has 0 radical (unpaired) electrons. The summed E-state index contributed by atoms with van der Waals surface area (Å²) in [5.41, 5.74) is 11.9.